The molecule has 2 aromatic carbocycles. The minimum absolute atomic E-state index is 0.00565. The van der Waals surface area contributed by atoms with Crippen molar-refractivity contribution in [2.24, 2.45) is 0 Å². The Hall–Kier alpha value is -3.30. The van der Waals surface area contributed by atoms with Crippen LogP contribution in [0.15, 0.2) is 47.8 Å². The fourth-order valence-electron chi connectivity index (χ4n) is 2.74. The van der Waals surface area contributed by atoms with E-state index in [9.17, 15) is 9.90 Å². The van der Waals surface area contributed by atoms with Crippen LogP contribution in [-0.2, 0) is 0 Å². The quantitative estimate of drug-likeness (QED) is 0.496. The Morgan fingerprint density at radius 1 is 1.06 bits per heavy atom. The van der Waals surface area contributed by atoms with Crippen LogP contribution in [0.4, 0.5) is 0 Å². The van der Waals surface area contributed by atoms with Gasteiger partial charge in [0.1, 0.15) is 29.2 Å². The Morgan fingerprint density at radius 3 is 2.35 bits per heavy atom. The number of aromatic nitrogens is 1. The summed E-state index contributed by atoms with van der Waals surface area (Å²) >= 11 is 1.37. The Bertz CT molecular complexity index is 983. The van der Waals surface area contributed by atoms with E-state index >= 15 is 0 Å². The van der Waals surface area contributed by atoms with Gasteiger partial charge in [0, 0.05) is 17.5 Å². The summed E-state index contributed by atoms with van der Waals surface area (Å²) < 4.78 is 21.3. The molecule has 0 bridgehead atoms. The SMILES string of the molecule is COc1ccc(-c2nc(C(=O)NCC(O)COc3c(OC)cccc3OC)cs2)cc1. The van der Waals surface area contributed by atoms with Gasteiger partial charge in [0.2, 0.25) is 5.75 Å². The number of benzene rings is 2. The highest BCUT2D eigenvalue weighted by atomic mass is 32.1. The third-order valence-electron chi connectivity index (χ3n) is 4.37. The van der Waals surface area contributed by atoms with Crippen LogP contribution in [0.25, 0.3) is 10.6 Å². The van der Waals surface area contributed by atoms with Crippen molar-refractivity contribution in [1.29, 1.82) is 0 Å². The predicted molar refractivity (Wildman–Crippen MR) is 117 cm³/mol. The molecule has 0 radical (unpaired) electrons. The average Bonchev–Trinajstić information content (AvgIpc) is 3.31. The minimum atomic E-state index is -0.932. The van der Waals surface area contributed by atoms with Gasteiger partial charge in [-0.05, 0) is 36.4 Å². The highest BCUT2D eigenvalue weighted by Crippen LogP contribution is 2.36. The molecule has 164 valence electrons. The van der Waals surface area contributed by atoms with E-state index in [1.165, 1.54) is 25.6 Å². The van der Waals surface area contributed by atoms with Gasteiger partial charge >= 0.3 is 0 Å². The van der Waals surface area contributed by atoms with Crippen LogP contribution in [-0.4, -0.2) is 56.6 Å². The molecule has 3 aromatic rings. The molecular formula is C22H24N2O6S. The molecule has 0 aliphatic heterocycles. The van der Waals surface area contributed by atoms with E-state index in [1.807, 2.05) is 24.3 Å². The number of ether oxygens (including phenoxy) is 4. The van der Waals surface area contributed by atoms with Crippen molar-refractivity contribution in [1.82, 2.24) is 10.3 Å². The lowest BCUT2D eigenvalue weighted by Crippen LogP contribution is -2.35. The van der Waals surface area contributed by atoms with Gasteiger partial charge < -0.3 is 29.4 Å². The number of carbonyl (C=O) groups is 1. The molecule has 31 heavy (non-hydrogen) atoms. The highest BCUT2D eigenvalue weighted by molar-refractivity contribution is 7.13. The number of rotatable bonds is 10. The van der Waals surface area contributed by atoms with Gasteiger partial charge in [0.05, 0.1) is 21.3 Å². The van der Waals surface area contributed by atoms with E-state index in [2.05, 4.69) is 10.3 Å². The summed E-state index contributed by atoms with van der Waals surface area (Å²) in [5.41, 5.74) is 1.18. The first-order chi connectivity index (χ1) is 15.0. The lowest BCUT2D eigenvalue weighted by molar-refractivity contribution is 0.0830. The third kappa shape index (κ3) is 5.65. The van der Waals surface area contributed by atoms with Gasteiger partial charge in [0.25, 0.3) is 5.91 Å². The van der Waals surface area contributed by atoms with Gasteiger partial charge in [-0.1, -0.05) is 6.07 Å². The molecule has 0 aliphatic carbocycles. The molecule has 1 aromatic heterocycles. The van der Waals surface area contributed by atoms with Gasteiger partial charge in [-0.2, -0.15) is 0 Å². The van der Waals surface area contributed by atoms with Crippen molar-refractivity contribution in [3.8, 4) is 33.6 Å². The molecule has 0 saturated heterocycles. The maximum atomic E-state index is 12.4. The van der Waals surface area contributed by atoms with Crippen molar-refractivity contribution >= 4 is 17.2 Å². The third-order valence-corrected chi connectivity index (χ3v) is 5.27. The van der Waals surface area contributed by atoms with Crippen LogP contribution < -0.4 is 24.3 Å². The predicted octanol–water partition coefficient (Wildman–Crippen LogP) is 3.01. The molecule has 1 amide bonds. The molecule has 0 saturated carbocycles. The second kappa shape index (κ2) is 10.6. The first-order valence-corrected chi connectivity index (χ1v) is 10.3. The van der Waals surface area contributed by atoms with E-state index in [-0.39, 0.29) is 24.8 Å². The minimum Gasteiger partial charge on any atom is -0.497 e. The lowest BCUT2D eigenvalue weighted by atomic mass is 10.2. The van der Waals surface area contributed by atoms with Gasteiger partial charge in [0.15, 0.2) is 11.5 Å². The van der Waals surface area contributed by atoms with Crippen molar-refractivity contribution in [3.63, 3.8) is 0 Å². The zero-order chi connectivity index (χ0) is 22.2. The van der Waals surface area contributed by atoms with E-state index < -0.39 is 6.10 Å². The number of carbonyl (C=O) groups excluding carboxylic acids is 1. The number of hydrogen-bond donors (Lipinski definition) is 2. The number of para-hydroxylation sites is 1. The van der Waals surface area contributed by atoms with E-state index in [1.54, 1.807) is 30.7 Å². The smallest absolute Gasteiger partial charge is 0.270 e. The molecule has 0 fully saturated rings. The Kier molecular flexibility index (Phi) is 7.69. The Balaban J connectivity index is 1.53. The normalized spacial score (nSPS) is 11.5. The maximum Gasteiger partial charge on any atom is 0.270 e. The summed E-state index contributed by atoms with van der Waals surface area (Å²) in [6, 6.07) is 12.7. The lowest BCUT2D eigenvalue weighted by Gasteiger charge is -2.16. The monoisotopic (exact) mass is 444 g/mol. The highest BCUT2D eigenvalue weighted by Gasteiger charge is 2.16. The second-order valence-corrected chi connectivity index (χ2v) is 7.29. The second-order valence-electron chi connectivity index (χ2n) is 6.43. The summed E-state index contributed by atoms with van der Waals surface area (Å²) in [6.45, 7) is -0.0448. The number of amides is 1. The number of nitrogens with zero attached hydrogens (tertiary/aromatic N) is 1. The first kappa shape index (κ1) is 22.4. The summed E-state index contributed by atoms with van der Waals surface area (Å²) in [5.74, 6) is 1.75. The largest absolute Gasteiger partial charge is 0.497 e. The topological polar surface area (TPSA) is 99.1 Å². The molecule has 1 unspecified atom stereocenters. The molecule has 8 nitrogen and oxygen atoms in total. The van der Waals surface area contributed by atoms with Crippen LogP contribution >= 0.6 is 11.3 Å². The summed E-state index contributed by atoms with van der Waals surface area (Å²) in [5, 5.41) is 15.3. The molecular weight excluding hydrogens is 420 g/mol. The maximum absolute atomic E-state index is 12.4. The zero-order valence-corrected chi connectivity index (χ0v) is 18.3. The first-order valence-electron chi connectivity index (χ1n) is 9.45. The fraction of sp³-hybridized carbons (Fsp3) is 0.273. The van der Waals surface area contributed by atoms with Crippen LogP contribution in [0, 0.1) is 0 Å². The number of thiazole rings is 1. The van der Waals surface area contributed by atoms with Gasteiger partial charge in [-0.3, -0.25) is 4.79 Å². The molecule has 3 rings (SSSR count). The Morgan fingerprint density at radius 2 is 1.74 bits per heavy atom. The zero-order valence-electron chi connectivity index (χ0n) is 17.5. The van der Waals surface area contributed by atoms with Gasteiger partial charge in [-0.25, -0.2) is 4.98 Å². The van der Waals surface area contributed by atoms with Crippen LogP contribution in [0.5, 0.6) is 23.0 Å². The van der Waals surface area contributed by atoms with Crippen LogP contribution in [0.2, 0.25) is 0 Å². The van der Waals surface area contributed by atoms with Crippen molar-refractivity contribution in [2.75, 3.05) is 34.5 Å². The summed E-state index contributed by atoms with van der Waals surface area (Å²) in [4.78, 5) is 16.8. The Labute approximate surface area is 184 Å². The molecule has 1 heterocycles. The molecule has 1 atom stereocenters. The number of aliphatic hydroxyl groups is 1. The molecule has 2 N–H and O–H groups in total. The molecule has 0 aliphatic rings. The van der Waals surface area contributed by atoms with Gasteiger partial charge in [-0.15, -0.1) is 11.3 Å². The van der Waals surface area contributed by atoms with Crippen molar-refractivity contribution in [2.45, 2.75) is 6.10 Å². The van der Waals surface area contributed by atoms with E-state index in [0.29, 0.717) is 17.2 Å². The fourth-order valence-corrected chi connectivity index (χ4v) is 3.55. The average molecular weight is 445 g/mol. The number of methoxy groups -OCH3 is 3. The van der Waals surface area contributed by atoms with E-state index in [0.717, 1.165) is 16.3 Å². The number of aliphatic hydroxyl groups excluding tert-OH is 1. The molecule has 0 spiro atoms. The van der Waals surface area contributed by atoms with Crippen LogP contribution in [0.1, 0.15) is 10.5 Å². The van der Waals surface area contributed by atoms with Crippen molar-refractivity contribution < 1.29 is 28.8 Å². The standard InChI is InChI=1S/C22H24N2O6S/c1-27-16-9-7-14(8-10-16)22-24-17(13-31-22)21(26)23-11-15(25)12-30-20-18(28-2)5-4-6-19(20)29-3/h4-10,13,15,25H,11-12H2,1-3H3,(H,23,26). The summed E-state index contributed by atoms with van der Waals surface area (Å²) in [7, 11) is 4.64. The number of hydrogen-bond acceptors (Lipinski definition) is 8. The summed E-state index contributed by atoms with van der Waals surface area (Å²) in [6.07, 6.45) is -0.932. The van der Waals surface area contributed by atoms with Crippen molar-refractivity contribution in [3.05, 3.63) is 53.5 Å². The number of nitrogens with one attached hydrogen (secondary N) is 1. The van der Waals surface area contributed by atoms with E-state index in [4.69, 9.17) is 18.9 Å². The van der Waals surface area contributed by atoms with Crippen LogP contribution in [0.3, 0.4) is 0 Å². The molecule has 9 heteroatoms.